The minimum Gasteiger partial charge on any atom is -0.507 e. The standard InChI is InChI=1S/C10H11NO2/c1-7(12)6-10(13)8-2-4-9(11)5-3-8/h2-6,13H,11H2,1H3/b10-6-. The van der Waals surface area contributed by atoms with Gasteiger partial charge in [-0.2, -0.15) is 0 Å². The number of hydrogen-bond acceptors (Lipinski definition) is 3. The molecule has 0 aliphatic carbocycles. The Kier molecular flexibility index (Phi) is 2.69. The summed E-state index contributed by atoms with van der Waals surface area (Å²) < 4.78 is 0. The predicted octanol–water partition coefficient (Wildman–Crippen LogP) is 1.76. The largest absolute Gasteiger partial charge is 0.507 e. The number of carbonyl (C=O) groups is 1. The third kappa shape index (κ3) is 2.63. The molecule has 0 saturated carbocycles. The number of nitrogens with two attached hydrogens (primary N) is 1. The topological polar surface area (TPSA) is 63.3 Å². The summed E-state index contributed by atoms with van der Waals surface area (Å²) in [7, 11) is 0. The molecule has 0 spiro atoms. The van der Waals surface area contributed by atoms with Crippen LogP contribution in [-0.4, -0.2) is 10.9 Å². The fourth-order valence-electron chi connectivity index (χ4n) is 0.930. The number of aliphatic hydroxyl groups excluding tert-OH is 1. The van der Waals surface area contributed by atoms with E-state index >= 15 is 0 Å². The van der Waals surface area contributed by atoms with Gasteiger partial charge in [-0.3, -0.25) is 4.79 Å². The Morgan fingerprint density at radius 2 is 1.92 bits per heavy atom. The molecule has 1 aromatic carbocycles. The van der Waals surface area contributed by atoms with Gasteiger partial charge < -0.3 is 10.8 Å². The molecule has 0 radical (unpaired) electrons. The third-order valence-electron chi connectivity index (χ3n) is 1.55. The number of allylic oxidation sites excluding steroid dienone is 1. The Balaban J connectivity index is 2.96. The molecule has 13 heavy (non-hydrogen) atoms. The summed E-state index contributed by atoms with van der Waals surface area (Å²) in [6.07, 6.45) is 1.17. The van der Waals surface area contributed by atoms with Crippen molar-refractivity contribution >= 4 is 17.2 Å². The van der Waals surface area contributed by atoms with Crippen LogP contribution in [0.2, 0.25) is 0 Å². The van der Waals surface area contributed by atoms with Crippen LogP contribution in [0, 0.1) is 0 Å². The molecule has 3 N–H and O–H groups in total. The molecule has 0 unspecified atom stereocenters. The van der Waals surface area contributed by atoms with E-state index in [4.69, 9.17) is 5.73 Å². The van der Waals surface area contributed by atoms with E-state index in [-0.39, 0.29) is 11.5 Å². The highest BCUT2D eigenvalue weighted by Crippen LogP contribution is 2.13. The van der Waals surface area contributed by atoms with Gasteiger partial charge in [0.1, 0.15) is 5.76 Å². The number of carbonyl (C=O) groups excluding carboxylic acids is 1. The zero-order valence-electron chi connectivity index (χ0n) is 7.32. The molecule has 3 heteroatoms. The van der Waals surface area contributed by atoms with Gasteiger partial charge >= 0.3 is 0 Å². The molecule has 0 aliphatic rings. The van der Waals surface area contributed by atoms with E-state index < -0.39 is 0 Å². The summed E-state index contributed by atoms with van der Waals surface area (Å²) in [6.45, 7) is 1.38. The van der Waals surface area contributed by atoms with Crippen molar-refractivity contribution in [2.75, 3.05) is 5.73 Å². The van der Waals surface area contributed by atoms with Crippen molar-refractivity contribution in [3.05, 3.63) is 35.9 Å². The fourth-order valence-corrected chi connectivity index (χ4v) is 0.930. The van der Waals surface area contributed by atoms with E-state index in [1.54, 1.807) is 24.3 Å². The zero-order chi connectivity index (χ0) is 9.84. The molecule has 0 saturated heterocycles. The van der Waals surface area contributed by atoms with Crippen molar-refractivity contribution < 1.29 is 9.90 Å². The molecule has 0 fully saturated rings. The van der Waals surface area contributed by atoms with Crippen molar-refractivity contribution in [1.29, 1.82) is 0 Å². The first-order valence-corrected chi connectivity index (χ1v) is 3.87. The van der Waals surface area contributed by atoms with E-state index in [1.807, 2.05) is 0 Å². The average Bonchev–Trinajstić information content (AvgIpc) is 2.04. The van der Waals surface area contributed by atoms with Crippen LogP contribution in [0.5, 0.6) is 0 Å². The maximum absolute atomic E-state index is 10.6. The van der Waals surface area contributed by atoms with Gasteiger partial charge in [0.05, 0.1) is 0 Å². The van der Waals surface area contributed by atoms with Crippen molar-refractivity contribution in [3.63, 3.8) is 0 Å². The Hall–Kier alpha value is -1.77. The normalized spacial score (nSPS) is 11.3. The Labute approximate surface area is 76.5 Å². The van der Waals surface area contributed by atoms with Gasteiger partial charge in [-0.15, -0.1) is 0 Å². The van der Waals surface area contributed by atoms with Gasteiger partial charge in [-0.05, 0) is 31.2 Å². The maximum atomic E-state index is 10.6. The van der Waals surface area contributed by atoms with E-state index in [9.17, 15) is 9.90 Å². The van der Waals surface area contributed by atoms with Gasteiger partial charge in [-0.25, -0.2) is 0 Å². The first-order valence-electron chi connectivity index (χ1n) is 3.87. The number of rotatable bonds is 2. The fraction of sp³-hybridized carbons (Fsp3) is 0.100. The molecule has 0 bridgehead atoms. The number of benzene rings is 1. The van der Waals surface area contributed by atoms with Gasteiger partial charge in [0, 0.05) is 17.3 Å². The van der Waals surface area contributed by atoms with E-state index in [2.05, 4.69) is 0 Å². The van der Waals surface area contributed by atoms with Gasteiger partial charge in [-0.1, -0.05) is 0 Å². The molecule has 1 aromatic rings. The second kappa shape index (κ2) is 3.76. The SMILES string of the molecule is CC(=O)/C=C(\O)c1ccc(N)cc1. The number of ketones is 1. The molecular formula is C10H11NO2. The summed E-state index contributed by atoms with van der Waals surface area (Å²) >= 11 is 0. The minimum absolute atomic E-state index is 0.0347. The van der Waals surface area contributed by atoms with Crippen LogP contribution in [0.3, 0.4) is 0 Å². The predicted molar refractivity (Wildman–Crippen MR) is 52.1 cm³/mol. The van der Waals surface area contributed by atoms with Gasteiger partial charge in [0.15, 0.2) is 5.78 Å². The summed E-state index contributed by atoms with van der Waals surface area (Å²) in [5, 5.41) is 9.38. The molecule has 1 rings (SSSR count). The number of anilines is 1. The van der Waals surface area contributed by atoms with Crippen LogP contribution in [0.1, 0.15) is 12.5 Å². The van der Waals surface area contributed by atoms with Crippen LogP contribution in [0.15, 0.2) is 30.3 Å². The van der Waals surface area contributed by atoms with Crippen LogP contribution >= 0.6 is 0 Å². The summed E-state index contributed by atoms with van der Waals surface area (Å²) in [5.41, 5.74) is 6.67. The lowest BCUT2D eigenvalue weighted by Crippen LogP contribution is -1.89. The number of nitrogen functional groups attached to an aromatic ring is 1. The van der Waals surface area contributed by atoms with E-state index in [1.165, 1.54) is 13.0 Å². The molecule has 0 atom stereocenters. The maximum Gasteiger partial charge on any atom is 0.156 e. The van der Waals surface area contributed by atoms with Crippen molar-refractivity contribution in [3.8, 4) is 0 Å². The van der Waals surface area contributed by atoms with Gasteiger partial charge in [0.2, 0.25) is 0 Å². The first-order chi connectivity index (χ1) is 6.09. The summed E-state index contributed by atoms with van der Waals surface area (Å²) in [4.78, 5) is 10.6. The number of hydrogen-bond donors (Lipinski definition) is 2. The second-order valence-corrected chi connectivity index (χ2v) is 2.76. The highest BCUT2D eigenvalue weighted by atomic mass is 16.3. The summed E-state index contributed by atoms with van der Waals surface area (Å²) in [6, 6.07) is 6.65. The van der Waals surface area contributed by atoms with Crippen molar-refractivity contribution in [1.82, 2.24) is 0 Å². The number of aliphatic hydroxyl groups is 1. The summed E-state index contributed by atoms with van der Waals surface area (Å²) in [5.74, 6) is -0.221. The Morgan fingerprint density at radius 3 is 2.38 bits per heavy atom. The van der Waals surface area contributed by atoms with Gasteiger partial charge in [0.25, 0.3) is 0 Å². The van der Waals surface area contributed by atoms with Crippen molar-refractivity contribution in [2.24, 2.45) is 0 Å². The third-order valence-corrected chi connectivity index (χ3v) is 1.55. The highest BCUT2D eigenvalue weighted by Gasteiger charge is 1.98. The lowest BCUT2D eigenvalue weighted by Gasteiger charge is -1.99. The molecule has 68 valence electrons. The smallest absolute Gasteiger partial charge is 0.156 e. The lowest BCUT2D eigenvalue weighted by molar-refractivity contribution is -0.112. The molecular weight excluding hydrogens is 166 g/mol. The van der Waals surface area contributed by atoms with Crippen LogP contribution < -0.4 is 5.73 Å². The lowest BCUT2D eigenvalue weighted by atomic mass is 10.1. The molecule has 0 aliphatic heterocycles. The highest BCUT2D eigenvalue weighted by molar-refractivity contribution is 5.93. The molecule has 0 heterocycles. The first kappa shape index (κ1) is 9.32. The van der Waals surface area contributed by atoms with Crippen LogP contribution in [-0.2, 0) is 4.79 Å². The monoisotopic (exact) mass is 177 g/mol. The molecule has 3 nitrogen and oxygen atoms in total. The Bertz CT molecular complexity index is 338. The second-order valence-electron chi connectivity index (χ2n) is 2.76. The molecule has 0 aromatic heterocycles. The Morgan fingerprint density at radius 1 is 1.38 bits per heavy atom. The minimum atomic E-state index is -0.186. The van der Waals surface area contributed by atoms with Crippen molar-refractivity contribution in [2.45, 2.75) is 6.92 Å². The van der Waals surface area contributed by atoms with E-state index in [0.29, 0.717) is 11.3 Å². The van der Waals surface area contributed by atoms with Crippen LogP contribution in [0.25, 0.3) is 5.76 Å². The quantitative estimate of drug-likeness (QED) is 0.411. The van der Waals surface area contributed by atoms with Crippen LogP contribution in [0.4, 0.5) is 5.69 Å². The molecule has 0 amide bonds. The average molecular weight is 177 g/mol. The van der Waals surface area contributed by atoms with E-state index in [0.717, 1.165) is 0 Å². The zero-order valence-corrected chi connectivity index (χ0v) is 7.32.